The van der Waals surface area contributed by atoms with Crippen molar-refractivity contribution >= 4 is 34.0 Å². The van der Waals surface area contributed by atoms with Gasteiger partial charge >= 0.3 is 0 Å². The molecular weight excluding hydrogens is 337 g/mol. The molecular formula is C16H17ClFN3OS. The van der Waals surface area contributed by atoms with Gasteiger partial charge in [-0.15, -0.1) is 0 Å². The minimum Gasteiger partial charge on any atom is -0.354 e. The number of nitrogens with one attached hydrogen (secondary N) is 1. The van der Waals surface area contributed by atoms with Crippen molar-refractivity contribution < 1.29 is 9.18 Å². The number of halogens is 2. The van der Waals surface area contributed by atoms with Crippen LogP contribution >= 0.6 is 22.9 Å². The van der Waals surface area contributed by atoms with Crippen LogP contribution in [0.25, 0.3) is 0 Å². The molecule has 0 saturated heterocycles. The van der Waals surface area contributed by atoms with E-state index in [0.717, 1.165) is 18.4 Å². The van der Waals surface area contributed by atoms with Gasteiger partial charge in [0.25, 0.3) is 5.91 Å². The number of carbonyl (C=O) groups excluding carboxylic acids is 1. The third-order valence-electron chi connectivity index (χ3n) is 3.85. The Kier molecular flexibility index (Phi) is 4.29. The predicted molar refractivity (Wildman–Crippen MR) is 91.0 cm³/mol. The van der Waals surface area contributed by atoms with Crippen LogP contribution in [-0.4, -0.2) is 30.5 Å². The molecule has 1 aliphatic carbocycles. The second-order valence-electron chi connectivity index (χ2n) is 6.05. The first-order valence-electron chi connectivity index (χ1n) is 7.29. The Morgan fingerprint density at radius 1 is 1.39 bits per heavy atom. The van der Waals surface area contributed by atoms with Crippen molar-refractivity contribution in [3.05, 3.63) is 45.7 Å². The Morgan fingerprint density at radius 2 is 2.04 bits per heavy atom. The molecule has 1 saturated carbocycles. The number of benzene rings is 1. The molecule has 1 aromatic carbocycles. The number of anilines is 1. The molecule has 0 spiro atoms. The lowest BCUT2D eigenvalue weighted by molar-refractivity contribution is 0.0935. The summed E-state index contributed by atoms with van der Waals surface area (Å²) in [6.07, 6.45) is 2.51. The van der Waals surface area contributed by atoms with E-state index in [1.807, 2.05) is 19.0 Å². The second kappa shape index (κ2) is 6.09. The summed E-state index contributed by atoms with van der Waals surface area (Å²) in [4.78, 5) is 18.9. The molecule has 1 aromatic heterocycles. The number of nitrogens with zero attached hydrogens (tertiary/aromatic N) is 2. The number of amides is 1. The van der Waals surface area contributed by atoms with Crippen LogP contribution in [0.4, 0.5) is 9.52 Å². The Balaban J connectivity index is 1.71. The molecule has 122 valence electrons. The zero-order valence-electron chi connectivity index (χ0n) is 12.9. The van der Waals surface area contributed by atoms with Gasteiger partial charge in [0.1, 0.15) is 10.7 Å². The van der Waals surface area contributed by atoms with Crippen LogP contribution in [0.15, 0.2) is 24.3 Å². The Bertz CT molecular complexity index is 725. The van der Waals surface area contributed by atoms with Crippen LogP contribution in [0.2, 0.25) is 5.15 Å². The summed E-state index contributed by atoms with van der Waals surface area (Å²) < 4.78 is 13.0. The average molecular weight is 354 g/mol. The van der Waals surface area contributed by atoms with Gasteiger partial charge in [0.15, 0.2) is 10.3 Å². The summed E-state index contributed by atoms with van der Waals surface area (Å²) in [5.41, 5.74) is 0.758. The first-order valence-corrected chi connectivity index (χ1v) is 8.49. The van der Waals surface area contributed by atoms with Crippen LogP contribution in [0.1, 0.15) is 28.1 Å². The first-order chi connectivity index (χ1) is 10.9. The van der Waals surface area contributed by atoms with Crippen molar-refractivity contribution in [1.82, 2.24) is 10.3 Å². The maximum atomic E-state index is 13.0. The van der Waals surface area contributed by atoms with Gasteiger partial charge in [-0.25, -0.2) is 9.37 Å². The van der Waals surface area contributed by atoms with E-state index in [4.69, 9.17) is 11.6 Å². The van der Waals surface area contributed by atoms with E-state index in [1.165, 1.54) is 23.5 Å². The molecule has 1 fully saturated rings. The van der Waals surface area contributed by atoms with E-state index < -0.39 is 0 Å². The smallest absolute Gasteiger partial charge is 0.265 e. The van der Waals surface area contributed by atoms with Gasteiger partial charge < -0.3 is 10.2 Å². The van der Waals surface area contributed by atoms with Crippen molar-refractivity contribution in [3.63, 3.8) is 0 Å². The standard InChI is InChI=1S/C16H17ClFN3OS/c1-21(2)15-19-13(17)12(23-15)14(22)20-16(7-8-16)9-10-3-5-11(18)6-4-10/h3-6H,7-9H2,1-2H3,(H,20,22). The topological polar surface area (TPSA) is 45.2 Å². The molecule has 4 nitrogen and oxygen atoms in total. The molecule has 2 aromatic rings. The summed E-state index contributed by atoms with van der Waals surface area (Å²) in [7, 11) is 3.71. The van der Waals surface area contributed by atoms with Gasteiger partial charge in [-0.05, 0) is 37.0 Å². The van der Waals surface area contributed by atoms with E-state index in [9.17, 15) is 9.18 Å². The summed E-state index contributed by atoms with van der Waals surface area (Å²) >= 11 is 7.35. The molecule has 1 heterocycles. The van der Waals surface area contributed by atoms with E-state index in [0.29, 0.717) is 16.4 Å². The number of thiazole rings is 1. The molecule has 0 bridgehead atoms. The SMILES string of the molecule is CN(C)c1nc(Cl)c(C(=O)NC2(Cc3ccc(F)cc3)CC2)s1. The first kappa shape index (κ1) is 16.2. The highest BCUT2D eigenvalue weighted by atomic mass is 35.5. The molecule has 1 amide bonds. The van der Waals surface area contributed by atoms with Crippen molar-refractivity contribution in [3.8, 4) is 0 Å². The fraction of sp³-hybridized carbons (Fsp3) is 0.375. The number of carbonyl (C=O) groups is 1. The van der Waals surface area contributed by atoms with E-state index in [-0.39, 0.29) is 22.4 Å². The summed E-state index contributed by atoms with van der Waals surface area (Å²) in [5.74, 6) is -0.449. The number of aromatic nitrogens is 1. The molecule has 1 N–H and O–H groups in total. The van der Waals surface area contributed by atoms with E-state index >= 15 is 0 Å². The summed E-state index contributed by atoms with van der Waals surface area (Å²) in [6.45, 7) is 0. The molecule has 7 heteroatoms. The largest absolute Gasteiger partial charge is 0.354 e. The number of hydrogen-bond acceptors (Lipinski definition) is 4. The highest BCUT2D eigenvalue weighted by Gasteiger charge is 2.44. The Morgan fingerprint density at radius 3 is 2.57 bits per heavy atom. The van der Waals surface area contributed by atoms with Gasteiger partial charge in [0.05, 0.1) is 0 Å². The number of hydrogen-bond donors (Lipinski definition) is 1. The average Bonchev–Trinajstić information content (AvgIpc) is 3.11. The van der Waals surface area contributed by atoms with Gasteiger partial charge in [-0.1, -0.05) is 35.1 Å². The lowest BCUT2D eigenvalue weighted by Gasteiger charge is -2.17. The minimum atomic E-state index is -0.254. The van der Waals surface area contributed by atoms with Gasteiger partial charge in [-0.2, -0.15) is 0 Å². The normalized spacial score (nSPS) is 15.3. The van der Waals surface area contributed by atoms with Crippen LogP contribution in [0.5, 0.6) is 0 Å². The van der Waals surface area contributed by atoms with Crippen LogP contribution < -0.4 is 10.2 Å². The predicted octanol–water partition coefficient (Wildman–Crippen LogP) is 3.51. The third-order valence-corrected chi connectivity index (χ3v) is 5.46. The molecule has 0 aliphatic heterocycles. The number of rotatable bonds is 5. The molecule has 0 unspecified atom stereocenters. The maximum absolute atomic E-state index is 13.0. The Labute approximate surface area is 143 Å². The Hall–Kier alpha value is -1.66. The monoisotopic (exact) mass is 353 g/mol. The highest BCUT2D eigenvalue weighted by Crippen LogP contribution is 2.40. The lowest BCUT2D eigenvalue weighted by atomic mass is 10.0. The quantitative estimate of drug-likeness (QED) is 0.894. The fourth-order valence-electron chi connectivity index (χ4n) is 2.41. The third kappa shape index (κ3) is 3.64. The van der Waals surface area contributed by atoms with E-state index in [2.05, 4.69) is 10.3 Å². The molecule has 1 aliphatic rings. The fourth-order valence-corrected chi connectivity index (χ4v) is 3.52. The minimum absolute atomic E-state index is 0.194. The highest BCUT2D eigenvalue weighted by molar-refractivity contribution is 7.18. The maximum Gasteiger partial charge on any atom is 0.265 e. The van der Waals surface area contributed by atoms with E-state index in [1.54, 1.807) is 12.1 Å². The lowest BCUT2D eigenvalue weighted by Crippen LogP contribution is -2.38. The molecule has 3 rings (SSSR count). The molecule has 23 heavy (non-hydrogen) atoms. The van der Waals surface area contributed by atoms with Crippen LogP contribution in [0, 0.1) is 5.82 Å². The van der Waals surface area contributed by atoms with Crippen molar-refractivity contribution in [2.75, 3.05) is 19.0 Å². The van der Waals surface area contributed by atoms with Gasteiger partial charge in [0, 0.05) is 19.6 Å². The van der Waals surface area contributed by atoms with Crippen molar-refractivity contribution in [2.24, 2.45) is 0 Å². The van der Waals surface area contributed by atoms with Crippen LogP contribution in [0.3, 0.4) is 0 Å². The summed E-state index contributed by atoms with van der Waals surface area (Å²) in [6, 6.07) is 6.39. The summed E-state index contributed by atoms with van der Waals surface area (Å²) in [5, 5.41) is 4.00. The molecule has 0 atom stereocenters. The van der Waals surface area contributed by atoms with Crippen LogP contribution in [-0.2, 0) is 6.42 Å². The van der Waals surface area contributed by atoms with Gasteiger partial charge in [-0.3, -0.25) is 4.79 Å². The molecule has 0 radical (unpaired) electrons. The zero-order chi connectivity index (χ0) is 16.6. The second-order valence-corrected chi connectivity index (χ2v) is 7.38. The van der Waals surface area contributed by atoms with Crippen molar-refractivity contribution in [2.45, 2.75) is 24.8 Å². The van der Waals surface area contributed by atoms with Gasteiger partial charge in [0.2, 0.25) is 0 Å². The van der Waals surface area contributed by atoms with Crippen molar-refractivity contribution in [1.29, 1.82) is 0 Å². The zero-order valence-corrected chi connectivity index (χ0v) is 14.5.